The van der Waals surface area contributed by atoms with Gasteiger partial charge in [-0.3, -0.25) is 4.99 Å². The van der Waals surface area contributed by atoms with Crippen molar-refractivity contribution in [2.24, 2.45) is 4.99 Å². The Morgan fingerprint density at radius 1 is 1.25 bits per heavy atom. The fourth-order valence-electron chi connectivity index (χ4n) is 1.67. The van der Waals surface area contributed by atoms with Crippen molar-refractivity contribution in [2.45, 2.75) is 18.2 Å². The van der Waals surface area contributed by atoms with Gasteiger partial charge in [-0.05, 0) is 43.4 Å². The summed E-state index contributed by atoms with van der Waals surface area (Å²) in [7, 11) is -2.97. The van der Waals surface area contributed by atoms with Crippen LogP contribution in [0.25, 0.3) is 0 Å². The van der Waals surface area contributed by atoms with E-state index < -0.39 is 9.84 Å². The van der Waals surface area contributed by atoms with Gasteiger partial charge in [0, 0.05) is 30.8 Å². The Kier molecular flexibility index (Phi) is 12.5. The number of thioether (sulfide) groups is 1. The van der Waals surface area contributed by atoms with Crippen molar-refractivity contribution in [3.8, 4) is 0 Å². The molecule has 9 heteroatoms. The summed E-state index contributed by atoms with van der Waals surface area (Å²) in [6.45, 7) is 3.66. The van der Waals surface area contributed by atoms with E-state index in [0.29, 0.717) is 19.0 Å². The highest BCUT2D eigenvalue weighted by Crippen LogP contribution is 2.18. The maximum absolute atomic E-state index is 12.8. The molecule has 0 spiro atoms. The van der Waals surface area contributed by atoms with Gasteiger partial charge in [-0.25, -0.2) is 12.8 Å². The first-order valence-electron chi connectivity index (χ1n) is 7.49. The Bertz CT molecular complexity index is 595. The van der Waals surface area contributed by atoms with Gasteiger partial charge in [0.15, 0.2) is 5.96 Å². The maximum atomic E-state index is 12.8. The number of hydrogen-bond acceptors (Lipinski definition) is 4. The highest BCUT2D eigenvalue weighted by atomic mass is 127. The Hall–Kier alpha value is -0.550. The highest BCUT2D eigenvalue weighted by Gasteiger charge is 2.03. The van der Waals surface area contributed by atoms with Crippen molar-refractivity contribution in [1.82, 2.24) is 10.6 Å². The molecule has 0 heterocycles. The molecule has 24 heavy (non-hydrogen) atoms. The van der Waals surface area contributed by atoms with Gasteiger partial charge in [0.2, 0.25) is 0 Å². The first-order valence-corrected chi connectivity index (χ1v) is 10.5. The lowest BCUT2D eigenvalue weighted by Crippen LogP contribution is -2.39. The molecule has 5 nitrogen and oxygen atoms in total. The van der Waals surface area contributed by atoms with Crippen molar-refractivity contribution in [2.75, 3.05) is 37.4 Å². The van der Waals surface area contributed by atoms with Gasteiger partial charge < -0.3 is 10.6 Å². The molecule has 0 aliphatic heterocycles. The van der Waals surface area contributed by atoms with E-state index in [0.717, 1.165) is 23.6 Å². The van der Waals surface area contributed by atoms with Crippen molar-refractivity contribution < 1.29 is 12.8 Å². The predicted octanol–water partition coefficient (Wildman–Crippen LogP) is 2.53. The van der Waals surface area contributed by atoms with Crippen molar-refractivity contribution >= 4 is 51.5 Å². The molecule has 0 aliphatic rings. The van der Waals surface area contributed by atoms with Crippen LogP contribution in [-0.4, -0.2) is 51.8 Å². The number of benzene rings is 1. The lowest BCUT2D eigenvalue weighted by atomic mass is 10.4. The van der Waals surface area contributed by atoms with Crippen LogP contribution in [0.4, 0.5) is 4.39 Å². The van der Waals surface area contributed by atoms with Gasteiger partial charge in [-0.1, -0.05) is 0 Å². The second-order valence-corrected chi connectivity index (χ2v) is 8.40. The van der Waals surface area contributed by atoms with E-state index in [4.69, 9.17) is 0 Å². The molecule has 1 rings (SSSR count). The van der Waals surface area contributed by atoms with Crippen molar-refractivity contribution in [3.05, 3.63) is 30.1 Å². The predicted molar refractivity (Wildman–Crippen MR) is 111 cm³/mol. The third-order valence-corrected chi connectivity index (χ3v) is 4.81. The third kappa shape index (κ3) is 11.9. The lowest BCUT2D eigenvalue weighted by molar-refractivity contribution is 0.600. The second kappa shape index (κ2) is 12.8. The zero-order valence-corrected chi connectivity index (χ0v) is 17.9. The Balaban J connectivity index is 0.00000529. The van der Waals surface area contributed by atoms with E-state index in [1.807, 2.05) is 6.92 Å². The molecule has 0 aliphatic carbocycles. The fourth-order valence-corrected chi connectivity index (χ4v) is 2.98. The zero-order chi connectivity index (χ0) is 17.1. The molecular formula is C15H25FIN3O2S2. The van der Waals surface area contributed by atoms with Gasteiger partial charge in [-0.15, -0.1) is 35.7 Å². The number of guanidine groups is 1. The van der Waals surface area contributed by atoms with Crippen LogP contribution >= 0.6 is 35.7 Å². The van der Waals surface area contributed by atoms with E-state index in [1.165, 1.54) is 18.4 Å². The molecule has 0 bridgehead atoms. The highest BCUT2D eigenvalue weighted by molar-refractivity contribution is 14.0. The van der Waals surface area contributed by atoms with Crippen LogP contribution in [0.3, 0.4) is 0 Å². The molecule has 0 fully saturated rings. The molecule has 0 saturated carbocycles. The molecule has 0 radical (unpaired) electrons. The number of halogens is 2. The average molecular weight is 489 g/mol. The first kappa shape index (κ1) is 23.4. The van der Waals surface area contributed by atoms with Crippen LogP contribution in [0, 0.1) is 5.82 Å². The summed E-state index contributed by atoms with van der Waals surface area (Å²) in [5, 5.41) is 6.08. The van der Waals surface area contributed by atoms with Crippen molar-refractivity contribution in [1.29, 1.82) is 0 Å². The Morgan fingerprint density at radius 2 is 1.92 bits per heavy atom. The first-order chi connectivity index (χ1) is 10.9. The number of hydrogen-bond donors (Lipinski definition) is 2. The minimum atomic E-state index is -2.97. The molecule has 2 N–H and O–H groups in total. The van der Waals surface area contributed by atoms with E-state index in [1.54, 1.807) is 23.9 Å². The van der Waals surface area contributed by atoms with Gasteiger partial charge in [0.05, 0.1) is 5.75 Å². The van der Waals surface area contributed by atoms with Crippen LogP contribution in [0.15, 0.2) is 34.2 Å². The molecular weight excluding hydrogens is 464 g/mol. The number of nitrogens with zero attached hydrogens (tertiary/aromatic N) is 1. The summed E-state index contributed by atoms with van der Waals surface area (Å²) >= 11 is 1.66. The smallest absolute Gasteiger partial charge is 0.191 e. The van der Waals surface area contributed by atoms with E-state index in [2.05, 4.69) is 15.6 Å². The monoisotopic (exact) mass is 489 g/mol. The summed E-state index contributed by atoms with van der Waals surface area (Å²) in [6.07, 6.45) is 2.09. The molecule has 0 aromatic heterocycles. The fraction of sp³-hybridized carbons (Fsp3) is 0.533. The summed E-state index contributed by atoms with van der Waals surface area (Å²) in [6, 6.07) is 6.44. The van der Waals surface area contributed by atoms with E-state index in [9.17, 15) is 12.8 Å². The third-order valence-electron chi connectivity index (χ3n) is 2.76. The number of sulfone groups is 1. The molecule has 0 atom stereocenters. The summed E-state index contributed by atoms with van der Waals surface area (Å²) in [4.78, 5) is 5.44. The number of nitrogens with one attached hydrogen (secondary N) is 2. The van der Waals surface area contributed by atoms with Crippen LogP contribution in [-0.2, 0) is 9.84 Å². The van der Waals surface area contributed by atoms with Crippen LogP contribution in [0.1, 0.15) is 13.3 Å². The van der Waals surface area contributed by atoms with Crippen LogP contribution in [0.2, 0.25) is 0 Å². The normalized spacial score (nSPS) is 11.7. The summed E-state index contributed by atoms with van der Waals surface area (Å²) in [5.41, 5.74) is 0. The SMILES string of the molecule is CCNC(=NCCCSc1ccc(F)cc1)NCCS(C)(=O)=O.I. The quantitative estimate of drug-likeness (QED) is 0.184. The minimum absolute atomic E-state index is 0. The molecule has 0 saturated heterocycles. The van der Waals surface area contributed by atoms with E-state index in [-0.39, 0.29) is 35.5 Å². The number of aliphatic imine (C=N–C) groups is 1. The molecule has 0 unspecified atom stereocenters. The largest absolute Gasteiger partial charge is 0.357 e. The standard InChI is InChI=1S/C15H24FN3O2S2.HI/c1-3-17-15(19-10-12-23(2,20)21)18-9-4-11-22-14-7-5-13(16)6-8-14;/h5-8H,3-4,9-12H2,1-2H3,(H2,17,18,19);1H. The lowest BCUT2D eigenvalue weighted by Gasteiger charge is -2.10. The summed E-state index contributed by atoms with van der Waals surface area (Å²) in [5.74, 6) is 1.37. The van der Waals surface area contributed by atoms with Gasteiger partial charge >= 0.3 is 0 Å². The molecule has 1 aromatic carbocycles. The van der Waals surface area contributed by atoms with Gasteiger partial charge in [0.25, 0.3) is 0 Å². The second-order valence-electron chi connectivity index (χ2n) is 4.97. The van der Waals surface area contributed by atoms with Gasteiger partial charge in [0.1, 0.15) is 15.7 Å². The molecule has 138 valence electrons. The van der Waals surface area contributed by atoms with Crippen molar-refractivity contribution in [3.63, 3.8) is 0 Å². The molecule has 1 aromatic rings. The zero-order valence-electron chi connectivity index (χ0n) is 13.9. The van der Waals surface area contributed by atoms with Crippen LogP contribution in [0.5, 0.6) is 0 Å². The minimum Gasteiger partial charge on any atom is -0.357 e. The summed E-state index contributed by atoms with van der Waals surface area (Å²) < 4.78 is 35.0. The van der Waals surface area contributed by atoms with E-state index >= 15 is 0 Å². The molecule has 0 amide bonds. The average Bonchev–Trinajstić information content (AvgIpc) is 2.47. The maximum Gasteiger partial charge on any atom is 0.191 e. The number of rotatable bonds is 9. The van der Waals surface area contributed by atoms with Gasteiger partial charge in [-0.2, -0.15) is 0 Å². The van der Waals surface area contributed by atoms with Crippen LogP contribution < -0.4 is 10.6 Å². The Morgan fingerprint density at radius 3 is 2.50 bits per heavy atom. The Labute approximate surface area is 165 Å². The topological polar surface area (TPSA) is 70.6 Å².